The number of amidine groups is 2. The third-order valence-corrected chi connectivity index (χ3v) is 15.6. The van der Waals surface area contributed by atoms with Gasteiger partial charge in [-0.1, -0.05) is 146 Å². The van der Waals surface area contributed by atoms with Gasteiger partial charge in [-0.3, -0.25) is 0 Å². The molecule has 0 aliphatic carbocycles. The van der Waals surface area contributed by atoms with Crippen molar-refractivity contribution in [1.82, 2.24) is 14.5 Å². The molecule has 0 amide bonds. The van der Waals surface area contributed by atoms with Crippen LogP contribution in [0.4, 0.5) is 0 Å². The average molecular weight is 939 g/mol. The second-order valence-corrected chi connectivity index (χ2v) is 19.5. The van der Waals surface area contributed by atoms with Crippen molar-refractivity contribution in [2.45, 2.75) is 6.17 Å². The molecule has 0 radical (unpaired) electrons. The molecule has 72 heavy (non-hydrogen) atoms. The number of furan rings is 1. The summed E-state index contributed by atoms with van der Waals surface area (Å²) < 4.78 is 14.3. The number of hydrogen-bond donors (Lipinski definition) is 1. The Bertz CT molecular complexity index is 4670. The lowest BCUT2D eigenvalue weighted by atomic mass is 9.98. The second-order valence-electron chi connectivity index (χ2n) is 18.4. The molecule has 1 aliphatic rings. The number of fused-ring (bicyclic) bond motifs is 12. The van der Waals surface area contributed by atoms with Crippen LogP contribution in [0.15, 0.2) is 233 Å². The highest BCUT2D eigenvalue weighted by Gasteiger charge is 2.31. The maximum absolute atomic E-state index is 11.5. The molecule has 0 bridgehead atoms. The molecule has 0 saturated heterocycles. The van der Waals surface area contributed by atoms with Crippen molar-refractivity contribution in [3.05, 3.63) is 241 Å². The van der Waals surface area contributed by atoms with E-state index in [4.69, 9.17) is 14.4 Å². The summed E-state index contributed by atoms with van der Waals surface area (Å²) in [4.78, 5) is 10.3. The molecule has 0 saturated carbocycles. The summed E-state index contributed by atoms with van der Waals surface area (Å²) in [6.45, 7) is 0. The summed E-state index contributed by atoms with van der Waals surface area (Å²) in [7, 11) is 0. The van der Waals surface area contributed by atoms with Crippen molar-refractivity contribution in [3.63, 3.8) is 0 Å². The molecular formula is C64H38N6OS. The second kappa shape index (κ2) is 15.7. The van der Waals surface area contributed by atoms with Crippen LogP contribution in [0.3, 0.4) is 0 Å². The van der Waals surface area contributed by atoms with E-state index < -0.39 is 6.17 Å². The van der Waals surface area contributed by atoms with Gasteiger partial charge in [-0.05, 0) is 83.9 Å². The number of thiophene rings is 1. The lowest BCUT2D eigenvalue weighted by Gasteiger charge is -2.25. The number of aromatic nitrogens is 2. The Hall–Kier alpha value is -9.55. The molecule has 1 unspecified atom stereocenters. The van der Waals surface area contributed by atoms with Crippen LogP contribution in [0.5, 0.6) is 0 Å². The molecular weight excluding hydrogens is 901 g/mol. The van der Waals surface area contributed by atoms with E-state index in [9.17, 15) is 5.26 Å². The maximum Gasteiger partial charge on any atom is 0.159 e. The third-order valence-electron chi connectivity index (χ3n) is 14.4. The van der Waals surface area contributed by atoms with Gasteiger partial charge in [0.25, 0.3) is 0 Å². The first-order valence-electron chi connectivity index (χ1n) is 24.1. The molecule has 1 atom stereocenters. The number of aliphatic imine (C=N–C) groups is 2. The SMILES string of the molecule is N#Cc1cc(-n2c3ccc(-c4ccc5sc6ccccc6c5c4)cc3c3cc4c5ccccc5n(-c5ccccc5)c4cc32)c2c(oc3ccccc32)c1C1N=C(c2ccccc2)N=C(c2ccccc2)N1. The van der Waals surface area contributed by atoms with Crippen LogP contribution >= 0.6 is 11.3 Å². The first kappa shape index (κ1) is 40.3. The minimum Gasteiger partial charge on any atom is -0.455 e. The molecule has 10 aromatic carbocycles. The molecule has 1 N–H and O–H groups in total. The standard InChI is InChI=1S/C64H38N6OS/c65-37-42-34-55(60-46-24-11-14-26-56(46)71-61(60)59(42)64-67-62(38-16-4-1-5-17-38)66-63(68-64)39-18-6-2-7-19-39)70-52-30-28-40(41-29-31-58-50(33-41)45-23-12-15-27-57(45)72-58)32-47(52)49-35-48-44-22-10-13-25-51(44)69(53(48)36-54(49)70)43-20-8-3-9-21-43/h1-36,64H,(H,66,67,68). The van der Waals surface area contributed by atoms with Gasteiger partial charge in [0.05, 0.1) is 50.3 Å². The number of nitrogens with one attached hydrogen (secondary N) is 1. The summed E-state index contributed by atoms with van der Waals surface area (Å²) in [6, 6.07) is 79.3. The van der Waals surface area contributed by atoms with Gasteiger partial charge in [0.2, 0.25) is 0 Å². The minimum absolute atomic E-state index is 0.446. The molecule has 8 heteroatoms. The van der Waals surface area contributed by atoms with E-state index in [1.165, 1.54) is 25.6 Å². The van der Waals surface area contributed by atoms with Gasteiger partial charge in [-0.15, -0.1) is 11.3 Å². The monoisotopic (exact) mass is 938 g/mol. The third kappa shape index (κ3) is 6.08. The fourth-order valence-electron chi connectivity index (χ4n) is 11.2. The zero-order chi connectivity index (χ0) is 47.4. The summed E-state index contributed by atoms with van der Waals surface area (Å²) in [5, 5.41) is 24.0. The first-order valence-corrected chi connectivity index (χ1v) is 24.9. The van der Waals surface area contributed by atoms with Crippen LogP contribution < -0.4 is 5.32 Å². The van der Waals surface area contributed by atoms with Gasteiger partial charge in [0, 0.05) is 63.9 Å². The summed E-state index contributed by atoms with van der Waals surface area (Å²) >= 11 is 1.83. The molecule has 1 aliphatic heterocycles. The number of benzene rings is 10. The maximum atomic E-state index is 11.5. The zero-order valence-corrected chi connectivity index (χ0v) is 39.2. The Balaban J connectivity index is 1.03. The normalized spacial score (nSPS) is 14.0. The highest BCUT2D eigenvalue weighted by Crippen LogP contribution is 2.46. The van der Waals surface area contributed by atoms with Gasteiger partial charge in [-0.2, -0.15) is 5.26 Å². The molecule has 4 aromatic heterocycles. The number of nitrogens with zero attached hydrogens (tertiary/aromatic N) is 5. The molecule has 15 rings (SSSR count). The predicted octanol–water partition coefficient (Wildman–Crippen LogP) is 16.2. The van der Waals surface area contributed by atoms with Crippen LogP contribution in [0, 0.1) is 11.3 Å². The average Bonchev–Trinajstić information content (AvgIpc) is 4.20. The smallest absolute Gasteiger partial charge is 0.159 e. The van der Waals surface area contributed by atoms with E-state index in [2.05, 4.69) is 160 Å². The Morgan fingerprint density at radius 2 is 1.10 bits per heavy atom. The highest BCUT2D eigenvalue weighted by atomic mass is 32.1. The van der Waals surface area contributed by atoms with Gasteiger partial charge in [-0.25, -0.2) is 9.98 Å². The lowest BCUT2D eigenvalue weighted by molar-refractivity contribution is 0.627. The zero-order valence-electron chi connectivity index (χ0n) is 38.4. The van der Waals surface area contributed by atoms with Crippen molar-refractivity contribution in [1.29, 1.82) is 5.26 Å². The quantitative estimate of drug-likeness (QED) is 0.180. The molecule has 7 nitrogen and oxygen atoms in total. The van der Waals surface area contributed by atoms with E-state index in [1.807, 2.05) is 90.2 Å². The van der Waals surface area contributed by atoms with Gasteiger partial charge in [0.1, 0.15) is 17.0 Å². The largest absolute Gasteiger partial charge is 0.455 e. The van der Waals surface area contributed by atoms with Gasteiger partial charge < -0.3 is 18.9 Å². The van der Waals surface area contributed by atoms with Crippen molar-refractivity contribution in [3.8, 4) is 28.6 Å². The van der Waals surface area contributed by atoms with E-state index in [0.717, 1.165) is 88.2 Å². The number of rotatable bonds is 6. The van der Waals surface area contributed by atoms with E-state index in [0.29, 0.717) is 28.4 Å². The van der Waals surface area contributed by atoms with Gasteiger partial charge >= 0.3 is 0 Å². The van der Waals surface area contributed by atoms with E-state index >= 15 is 0 Å². The number of hydrogen-bond acceptors (Lipinski definition) is 6. The molecule has 0 spiro atoms. The molecule has 5 heterocycles. The Morgan fingerprint density at radius 3 is 1.90 bits per heavy atom. The Kier molecular flexibility index (Phi) is 8.82. The number of para-hydroxylation sites is 3. The molecule has 0 fully saturated rings. The van der Waals surface area contributed by atoms with Crippen LogP contribution in [0.2, 0.25) is 0 Å². The van der Waals surface area contributed by atoms with Crippen molar-refractivity contribution < 1.29 is 4.42 Å². The van der Waals surface area contributed by atoms with Crippen molar-refractivity contribution in [2.75, 3.05) is 0 Å². The minimum atomic E-state index is -0.709. The summed E-state index contributed by atoms with van der Waals surface area (Å²) in [5.74, 6) is 1.23. The van der Waals surface area contributed by atoms with Crippen LogP contribution in [-0.4, -0.2) is 20.8 Å². The number of nitriles is 1. The van der Waals surface area contributed by atoms with Crippen molar-refractivity contribution in [2.24, 2.45) is 9.98 Å². The fraction of sp³-hybridized carbons (Fsp3) is 0.0156. The molecule has 14 aromatic rings. The van der Waals surface area contributed by atoms with E-state index in [1.54, 1.807) is 0 Å². The lowest BCUT2D eigenvalue weighted by Crippen LogP contribution is -2.34. The Morgan fingerprint density at radius 1 is 0.486 bits per heavy atom. The van der Waals surface area contributed by atoms with Crippen molar-refractivity contribution >= 4 is 109 Å². The predicted molar refractivity (Wildman–Crippen MR) is 297 cm³/mol. The summed E-state index contributed by atoms with van der Waals surface area (Å²) in [5.41, 5.74) is 12.6. The van der Waals surface area contributed by atoms with Gasteiger partial charge in [0.15, 0.2) is 12.0 Å². The molecule has 336 valence electrons. The topological polar surface area (TPSA) is 83.5 Å². The van der Waals surface area contributed by atoms with Crippen LogP contribution in [0.1, 0.15) is 28.4 Å². The fourth-order valence-corrected chi connectivity index (χ4v) is 12.3. The highest BCUT2D eigenvalue weighted by molar-refractivity contribution is 7.25. The van der Waals surface area contributed by atoms with Crippen LogP contribution in [0.25, 0.3) is 108 Å². The Labute approximate surface area is 416 Å². The van der Waals surface area contributed by atoms with Crippen LogP contribution in [-0.2, 0) is 0 Å². The summed E-state index contributed by atoms with van der Waals surface area (Å²) in [6.07, 6.45) is -0.709. The first-order chi connectivity index (χ1) is 35.6. The van der Waals surface area contributed by atoms with E-state index in [-0.39, 0.29) is 0 Å².